The number of rotatable bonds is 8. The molecule has 196 valence electrons. The molecule has 0 unspecified atom stereocenters. The number of aromatic amines is 1. The normalized spacial score (nSPS) is 18.8. The van der Waals surface area contributed by atoms with Crippen molar-refractivity contribution in [3.63, 3.8) is 0 Å². The number of likely N-dealkylation sites (tertiary alicyclic amines) is 1. The van der Waals surface area contributed by atoms with Crippen LogP contribution in [0, 0.1) is 24.1 Å². The zero-order valence-electron chi connectivity index (χ0n) is 21.6. The molecule has 2 amide bonds. The lowest BCUT2D eigenvalue weighted by molar-refractivity contribution is -0.134. The standard InChI is InChI=1S/C27H32FN5O4/c1-15-22(26(35)32-20-10-33(13-27(20,2)3)21(34)12-36-4)24-25(31-15)23(29-14-30-24)18-9-17(28)7-8-19(18)37-11-16-5-6-16/h7-9,14,16,20,31H,5-6,10-13H2,1-4H3,(H,32,35)/t20-/m1/s1. The van der Waals surface area contributed by atoms with Crippen molar-refractivity contribution >= 4 is 22.8 Å². The third-order valence-electron chi connectivity index (χ3n) is 7.24. The number of fused-ring (bicyclic) bond motifs is 1. The van der Waals surface area contributed by atoms with Gasteiger partial charge >= 0.3 is 0 Å². The number of halogens is 1. The van der Waals surface area contributed by atoms with E-state index in [1.165, 1.54) is 25.6 Å². The number of carbonyl (C=O) groups is 2. The summed E-state index contributed by atoms with van der Waals surface area (Å²) in [7, 11) is 1.49. The molecule has 3 aromatic rings. The maximum absolute atomic E-state index is 14.3. The van der Waals surface area contributed by atoms with E-state index in [1.54, 1.807) is 17.9 Å². The zero-order valence-corrected chi connectivity index (χ0v) is 21.6. The molecule has 37 heavy (non-hydrogen) atoms. The maximum atomic E-state index is 14.3. The van der Waals surface area contributed by atoms with Gasteiger partial charge in [0.05, 0.1) is 23.7 Å². The molecule has 2 aromatic heterocycles. The number of hydrogen-bond donors (Lipinski definition) is 2. The minimum absolute atomic E-state index is 0.00440. The second kappa shape index (κ2) is 9.74. The molecule has 0 spiro atoms. The first-order chi connectivity index (χ1) is 17.7. The molecule has 2 aliphatic rings. The molecule has 1 aliphatic heterocycles. The van der Waals surface area contributed by atoms with Crippen molar-refractivity contribution in [1.82, 2.24) is 25.2 Å². The van der Waals surface area contributed by atoms with Gasteiger partial charge in [0, 0.05) is 36.9 Å². The summed E-state index contributed by atoms with van der Waals surface area (Å²) in [6.45, 7) is 7.33. The predicted molar refractivity (Wildman–Crippen MR) is 136 cm³/mol. The van der Waals surface area contributed by atoms with Crippen LogP contribution in [-0.4, -0.2) is 71.1 Å². The fourth-order valence-corrected chi connectivity index (χ4v) is 4.92. The lowest BCUT2D eigenvalue weighted by Gasteiger charge is -2.26. The highest BCUT2D eigenvalue weighted by Gasteiger charge is 2.42. The van der Waals surface area contributed by atoms with Crippen LogP contribution in [0.5, 0.6) is 5.75 Å². The average molecular weight is 510 g/mol. The number of aryl methyl sites for hydroxylation is 1. The first-order valence-corrected chi connectivity index (χ1v) is 12.5. The van der Waals surface area contributed by atoms with E-state index in [-0.39, 0.29) is 29.9 Å². The summed E-state index contributed by atoms with van der Waals surface area (Å²) in [6.07, 6.45) is 3.65. The molecule has 2 N–H and O–H groups in total. The molecule has 1 aromatic carbocycles. The minimum Gasteiger partial charge on any atom is -0.493 e. The van der Waals surface area contributed by atoms with Crippen LogP contribution in [0.15, 0.2) is 24.5 Å². The highest BCUT2D eigenvalue weighted by molar-refractivity contribution is 6.09. The Hall–Kier alpha value is -3.53. The van der Waals surface area contributed by atoms with Crippen molar-refractivity contribution in [1.29, 1.82) is 0 Å². The van der Waals surface area contributed by atoms with Gasteiger partial charge in [-0.15, -0.1) is 0 Å². The minimum atomic E-state index is -0.405. The first-order valence-electron chi connectivity index (χ1n) is 12.5. The highest BCUT2D eigenvalue weighted by Crippen LogP contribution is 2.37. The smallest absolute Gasteiger partial charge is 0.255 e. The lowest BCUT2D eigenvalue weighted by Crippen LogP contribution is -2.44. The largest absolute Gasteiger partial charge is 0.493 e. The van der Waals surface area contributed by atoms with E-state index in [1.807, 2.05) is 13.8 Å². The third-order valence-corrected chi connectivity index (χ3v) is 7.24. The molecule has 1 aliphatic carbocycles. The Bertz CT molecular complexity index is 1350. The number of amides is 2. The summed E-state index contributed by atoms with van der Waals surface area (Å²) in [5, 5.41) is 3.11. The van der Waals surface area contributed by atoms with Crippen LogP contribution in [0.4, 0.5) is 4.39 Å². The summed E-state index contributed by atoms with van der Waals surface area (Å²) < 4.78 is 25.3. The number of hydrogen-bond acceptors (Lipinski definition) is 6. The molecule has 9 nitrogen and oxygen atoms in total. The van der Waals surface area contributed by atoms with Gasteiger partial charge in [-0.05, 0) is 43.9 Å². The molecule has 10 heteroatoms. The number of ether oxygens (including phenoxy) is 2. The van der Waals surface area contributed by atoms with Crippen molar-refractivity contribution in [3.8, 4) is 17.0 Å². The summed E-state index contributed by atoms with van der Waals surface area (Å²) >= 11 is 0. The van der Waals surface area contributed by atoms with Crippen LogP contribution in [0.2, 0.25) is 0 Å². The molecule has 3 heterocycles. The van der Waals surface area contributed by atoms with Gasteiger partial charge in [-0.3, -0.25) is 9.59 Å². The van der Waals surface area contributed by atoms with E-state index in [2.05, 4.69) is 20.3 Å². The van der Waals surface area contributed by atoms with E-state index in [0.29, 0.717) is 64.9 Å². The molecule has 1 atom stereocenters. The number of H-pyrrole nitrogens is 1. The fraction of sp³-hybridized carbons (Fsp3) is 0.481. The van der Waals surface area contributed by atoms with Gasteiger partial charge in [0.1, 0.15) is 35.7 Å². The predicted octanol–water partition coefficient (Wildman–Crippen LogP) is 3.47. The summed E-state index contributed by atoms with van der Waals surface area (Å²) in [5.41, 5.74) is 2.65. The van der Waals surface area contributed by atoms with Gasteiger partial charge in [0.25, 0.3) is 5.91 Å². The number of carbonyl (C=O) groups excluding carboxylic acids is 2. The topological polar surface area (TPSA) is 109 Å². The Balaban J connectivity index is 1.45. The van der Waals surface area contributed by atoms with Crippen LogP contribution in [-0.2, 0) is 9.53 Å². The molecule has 1 saturated heterocycles. The highest BCUT2D eigenvalue weighted by atomic mass is 19.1. The monoisotopic (exact) mass is 509 g/mol. The molecule has 1 saturated carbocycles. The van der Waals surface area contributed by atoms with E-state index >= 15 is 0 Å². The molecule has 0 radical (unpaired) electrons. The van der Waals surface area contributed by atoms with Crippen molar-refractivity contribution in [2.45, 2.75) is 39.7 Å². The molecule has 5 rings (SSSR count). The van der Waals surface area contributed by atoms with E-state index < -0.39 is 5.82 Å². The SMILES string of the molecule is COCC(=O)N1C[C@@H](NC(=O)c2c(C)[nH]c3c(-c4cc(F)ccc4OCC4CC4)ncnc23)C(C)(C)C1. The second-order valence-corrected chi connectivity index (χ2v) is 10.7. The lowest BCUT2D eigenvalue weighted by atomic mass is 9.87. The quantitative estimate of drug-likeness (QED) is 0.481. The summed E-state index contributed by atoms with van der Waals surface area (Å²) in [4.78, 5) is 39.7. The van der Waals surface area contributed by atoms with Crippen molar-refractivity contribution in [2.24, 2.45) is 11.3 Å². The summed E-state index contributed by atoms with van der Waals surface area (Å²) in [5.74, 6) is 0.268. The maximum Gasteiger partial charge on any atom is 0.255 e. The van der Waals surface area contributed by atoms with Crippen LogP contribution in [0.1, 0.15) is 42.7 Å². The molecular weight excluding hydrogens is 477 g/mol. The van der Waals surface area contributed by atoms with Crippen molar-refractivity contribution in [3.05, 3.63) is 41.6 Å². The van der Waals surface area contributed by atoms with Gasteiger partial charge in [0.15, 0.2) is 0 Å². The van der Waals surface area contributed by atoms with Crippen LogP contribution >= 0.6 is 0 Å². The molecule has 0 bridgehead atoms. The van der Waals surface area contributed by atoms with E-state index in [4.69, 9.17) is 9.47 Å². The van der Waals surface area contributed by atoms with E-state index in [9.17, 15) is 14.0 Å². The average Bonchev–Trinajstić information content (AvgIpc) is 3.54. The number of nitrogens with one attached hydrogen (secondary N) is 2. The Morgan fingerprint density at radius 1 is 1.27 bits per heavy atom. The number of aromatic nitrogens is 3. The first kappa shape index (κ1) is 25.1. The van der Waals surface area contributed by atoms with E-state index in [0.717, 1.165) is 12.8 Å². The Morgan fingerprint density at radius 3 is 2.78 bits per heavy atom. The van der Waals surface area contributed by atoms with Crippen LogP contribution in [0.3, 0.4) is 0 Å². The second-order valence-electron chi connectivity index (χ2n) is 10.7. The summed E-state index contributed by atoms with van der Waals surface area (Å²) in [6, 6.07) is 4.13. The number of benzene rings is 1. The number of nitrogens with zero attached hydrogens (tertiary/aromatic N) is 3. The Labute approximate surface area is 214 Å². The van der Waals surface area contributed by atoms with Gasteiger partial charge in [0.2, 0.25) is 5.91 Å². The van der Waals surface area contributed by atoms with Crippen LogP contribution in [0.25, 0.3) is 22.3 Å². The van der Waals surface area contributed by atoms with Crippen LogP contribution < -0.4 is 10.1 Å². The van der Waals surface area contributed by atoms with Gasteiger partial charge in [-0.2, -0.15) is 0 Å². The van der Waals surface area contributed by atoms with Gasteiger partial charge in [-0.25, -0.2) is 14.4 Å². The third kappa shape index (κ3) is 5.02. The fourth-order valence-electron chi connectivity index (χ4n) is 4.92. The zero-order chi connectivity index (χ0) is 26.3. The van der Waals surface area contributed by atoms with Crippen molar-refractivity contribution < 1.29 is 23.5 Å². The number of methoxy groups -OCH3 is 1. The van der Waals surface area contributed by atoms with Crippen molar-refractivity contribution in [2.75, 3.05) is 33.4 Å². The van der Waals surface area contributed by atoms with Gasteiger partial charge < -0.3 is 24.7 Å². The van der Waals surface area contributed by atoms with Gasteiger partial charge in [-0.1, -0.05) is 13.8 Å². The molecule has 2 fully saturated rings. The Morgan fingerprint density at radius 2 is 2.05 bits per heavy atom. The Kier molecular flexibility index (Phi) is 6.61. The molecular formula is C27H32FN5O4.